The minimum atomic E-state index is -0.00198. The van der Waals surface area contributed by atoms with Crippen molar-refractivity contribution in [1.29, 1.82) is 0 Å². The lowest BCUT2D eigenvalue weighted by atomic mass is 9.97. The maximum Gasteiger partial charge on any atom is 0.196 e. The first-order chi connectivity index (χ1) is 8.54. The molecule has 0 aliphatic rings. The second kappa shape index (κ2) is 4.99. The SMILES string of the molecule is CCc1occc1C(=O)c1cc(C)c(Cl)cc1C. The highest BCUT2D eigenvalue weighted by atomic mass is 35.5. The van der Waals surface area contributed by atoms with E-state index < -0.39 is 0 Å². The summed E-state index contributed by atoms with van der Waals surface area (Å²) in [4.78, 5) is 12.5. The molecule has 0 saturated carbocycles. The summed E-state index contributed by atoms with van der Waals surface area (Å²) in [5.74, 6) is 0.727. The molecule has 1 aromatic carbocycles. The van der Waals surface area contributed by atoms with Crippen molar-refractivity contribution in [1.82, 2.24) is 0 Å². The number of hydrogen-bond acceptors (Lipinski definition) is 2. The van der Waals surface area contributed by atoms with Crippen molar-refractivity contribution in [2.24, 2.45) is 0 Å². The molecular formula is C15H15ClO2. The van der Waals surface area contributed by atoms with Gasteiger partial charge in [-0.15, -0.1) is 0 Å². The monoisotopic (exact) mass is 262 g/mol. The lowest BCUT2D eigenvalue weighted by Gasteiger charge is -2.07. The number of carbonyl (C=O) groups excluding carboxylic acids is 1. The van der Waals surface area contributed by atoms with Crippen molar-refractivity contribution >= 4 is 17.4 Å². The number of benzene rings is 1. The van der Waals surface area contributed by atoms with E-state index >= 15 is 0 Å². The number of aryl methyl sites for hydroxylation is 3. The molecule has 0 fully saturated rings. The number of carbonyl (C=O) groups is 1. The van der Waals surface area contributed by atoms with Gasteiger partial charge in [-0.25, -0.2) is 0 Å². The predicted octanol–water partition coefficient (Wildman–Crippen LogP) is 4.34. The highest BCUT2D eigenvalue weighted by Gasteiger charge is 2.18. The number of halogens is 1. The van der Waals surface area contributed by atoms with Crippen LogP contribution in [0.25, 0.3) is 0 Å². The van der Waals surface area contributed by atoms with Crippen molar-refractivity contribution < 1.29 is 9.21 Å². The predicted molar refractivity (Wildman–Crippen MR) is 72.4 cm³/mol. The highest BCUT2D eigenvalue weighted by Crippen LogP contribution is 2.24. The van der Waals surface area contributed by atoms with E-state index in [2.05, 4.69) is 0 Å². The zero-order chi connectivity index (χ0) is 13.3. The van der Waals surface area contributed by atoms with E-state index in [0.29, 0.717) is 22.6 Å². The van der Waals surface area contributed by atoms with Crippen molar-refractivity contribution in [3.8, 4) is 0 Å². The molecule has 0 N–H and O–H groups in total. The summed E-state index contributed by atoms with van der Waals surface area (Å²) in [6.07, 6.45) is 2.27. The molecule has 0 bridgehead atoms. The molecule has 2 rings (SSSR count). The third-order valence-electron chi connectivity index (χ3n) is 3.06. The molecule has 0 atom stereocenters. The average molecular weight is 263 g/mol. The van der Waals surface area contributed by atoms with Gasteiger partial charge in [0.25, 0.3) is 0 Å². The fraction of sp³-hybridized carbons (Fsp3) is 0.267. The van der Waals surface area contributed by atoms with E-state index in [-0.39, 0.29) is 5.78 Å². The van der Waals surface area contributed by atoms with Gasteiger partial charge in [-0.1, -0.05) is 18.5 Å². The van der Waals surface area contributed by atoms with Crippen LogP contribution in [0.3, 0.4) is 0 Å². The number of ketones is 1. The van der Waals surface area contributed by atoms with Crippen LogP contribution in [0.2, 0.25) is 5.02 Å². The lowest BCUT2D eigenvalue weighted by Crippen LogP contribution is -2.05. The second-order valence-electron chi connectivity index (χ2n) is 4.36. The molecule has 18 heavy (non-hydrogen) atoms. The first-order valence-corrected chi connectivity index (χ1v) is 6.30. The maximum absolute atomic E-state index is 12.5. The van der Waals surface area contributed by atoms with Gasteiger partial charge < -0.3 is 4.42 Å². The molecule has 0 unspecified atom stereocenters. The van der Waals surface area contributed by atoms with Crippen LogP contribution in [0, 0.1) is 13.8 Å². The van der Waals surface area contributed by atoms with E-state index in [9.17, 15) is 4.79 Å². The zero-order valence-corrected chi connectivity index (χ0v) is 11.5. The van der Waals surface area contributed by atoms with E-state index in [1.54, 1.807) is 12.3 Å². The van der Waals surface area contributed by atoms with Gasteiger partial charge in [0, 0.05) is 17.0 Å². The molecule has 0 amide bonds. The zero-order valence-electron chi connectivity index (χ0n) is 10.7. The minimum absolute atomic E-state index is 0.00198. The molecule has 1 heterocycles. The minimum Gasteiger partial charge on any atom is -0.469 e. The molecule has 94 valence electrons. The van der Waals surface area contributed by atoms with Crippen LogP contribution in [0.5, 0.6) is 0 Å². The molecule has 1 aromatic heterocycles. The summed E-state index contributed by atoms with van der Waals surface area (Å²) >= 11 is 6.04. The summed E-state index contributed by atoms with van der Waals surface area (Å²) < 4.78 is 5.30. The molecule has 0 aliphatic carbocycles. The van der Waals surface area contributed by atoms with Crippen LogP contribution in [-0.2, 0) is 6.42 Å². The standard InChI is InChI=1S/C15H15ClO2/c1-4-14-11(5-6-18-14)15(17)12-7-10(3)13(16)8-9(12)2/h5-8H,4H2,1-3H3. The van der Waals surface area contributed by atoms with Crippen molar-refractivity contribution in [2.45, 2.75) is 27.2 Å². The Labute approximate surface area is 112 Å². The topological polar surface area (TPSA) is 30.2 Å². The Bertz CT molecular complexity index is 597. The van der Waals surface area contributed by atoms with Crippen LogP contribution in [-0.4, -0.2) is 5.78 Å². The third-order valence-corrected chi connectivity index (χ3v) is 3.47. The smallest absolute Gasteiger partial charge is 0.196 e. The first kappa shape index (κ1) is 12.9. The molecule has 0 spiro atoms. The van der Waals surface area contributed by atoms with Crippen molar-refractivity contribution in [3.05, 3.63) is 57.5 Å². The first-order valence-electron chi connectivity index (χ1n) is 5.92. The number of hydrogen-bond donors (Lipinski definition) is 0. The Morgan fingerprint density at radius 3 is 2.61 bits per heavy atom. The normalized spacial score (nSPS) is 10.7. The Morgan fingerprint density at radius 2 is 1.94 bits per heavy atom. The highest BCUT2D eigenvalue weighted by molar-refractivity contribution is 6.31. The van der Waals surface area contributed by atoms with E-state index in [0.717, 1.165) is 16.9 Å². The van der Waals surface area contributed by atoms with Gasteiger partial charge in [0.05, 0.1) is 11.8 Å². The molecule has 0 saturated heterocycles. The molecular weight excluding hydrogens is 248 g/mol. The maximum atomic E-state index is 12.5. The number of furan rings is 1. The summed E-state index contributed by atoms with van der Waals surface area (Å²) in [7, 11) is 0. The van der Waals surface area contributed by atoms with Gasteiger partial charge in [-0.2, -0.15) is 0 Å². The quantitative estimate of drug-likeness (QED) is 0.770. The Kier molecular flexibility index (Phi) is 3.58. The van der Waals surface area contributed by atoms with Crippen LogP contribution in [0.1, 0.15) is 39.7 Å². The molecule has 3 heteroatoms. The van der Waals surface area contributed by atoms with Crippen LogP contribution < -0.4 is 0 Å². The number of rotatable bonds is 3. The fourth-order valence-corrected chi connectivity index (χ4v) is 2.21. The molecule has 0 radical (unpaired) electrons. The van der Waals surface area contributed by atoms with E-state index in [4.69, 9.17) is 16.0 Å². The largest absolute Gasteiger partial charge is 0.469 e. The lowest BCUT2D eigenvalue weighted by molar-refractivity contribution is 0.103. The third kappa shape index (κ3) is 2.21. The van der Waals surface area contributed by atoms with Gasteiger partial charge >= 0.3 is 0 Å². The molecule has 2 aromatic rings. The van der Waals surface area contributed by atoms with Gasteiger partial charge in [0.1, 0.15) is 5.76 Å². The summed E-state index contributed by atoms with van der Waals surface area (Å²) in [6, 6.07) is 5.40. The molecule has 0 aliphatic heterocycles. The Morgan fingerprint density at radius 1 is 1.22 bits per heavy atom. The Hall–Kier alpha value is -1.54. The van der Waals surface area contributed by atoms with Crippen molar-refractivity contribution in [3.63, 3.8) is 0 Å². The second-order valence-corrected chi connectivity index (χ2v) is 4.76. The van der Waals surface area contributed by atoms with Crippen molar-refractivity contribution in [2.75, 3.05) is 0 Å². The average Bonchev–Trinajstić information content (AvgIpc) is 2.81. The summed E-state index contributed by atoms with van der Waals surface area (Å²) in [6.45, 7) is 5.76. The van der Waals surface area contributed by atoms with Gasteiger partial charge in [0.15, 0.2) is 5.78 Å². The Balaban J connectivity index is 2.50. The van der Waals surface area contributed by atoms with Crippen LogP contribution in [0.4, 0.5) is 0 Å². The van der Waals surface area contributed by atoms with Gasteiger partial charge in [-0.05, 0) is 43.2 Å². The fourth-order valence-electron chi connectivity index (χ4n) is 1.99. The van der Waals surface area contributed by atoms with Crippen LogP contribution in [0.15, 0.2) is 28.9 Å². The van der Waals surface area contributed by atoms with Gasteiger partial charge in [-0.3, -0.25) is 4.79 Å². The van der Waals surface area contributed by atoms with Gasteiger partial charge in [0.2, 0.25) is 0 Å². The van der Waals surface area contributed by atoms with E-state index in [1.165, 1.54) is 0 Å². The van der Waals surface area contributed by atoms with E-state index in [1.807, 2.05) is 32.9 Å². The summed E-state index contributed by atoms with van der Waals surface area (Å²) in [5.41, 5.74) is 3.13. The van der Waals surface area contributed by atoms with Crippen LogP contribution >= 0.6 is 11.6 Å². The molecule has 2 nitrogen and oxygen atoms in total. The summed E-state index contributed by atoms with van der Waals surface area (Å²) in [5, 5.41) is 0.687.